The molecule has 11 aromatic rings. The highest BCUT2D eigenvalue weighted by Crippen LogP contribution is 2.36. The van der Waals surface area contributed by atoms with Crippen LogP contribution < -0.4 is 0 Å². The number of pyridine rings is 1. The van der Waals surface area contributed by atoms with E-state index in [1.54, 1.807) is 6.20 Å². The van der Waals surface area contributed by atoms with Gasteiger partial charge in [-0.15, -0.1) is 0 Å². The summed E-state index contributed by atoms with van der Waals surface area (Å²) in [6.45, 7) is 0. The van der Waals surface area contributed by atoms with Crippen molar-refractivity contribution < 1.29 is 4.42 Å². The van der Waals surface area contributed by atoms with Crippen molar-refractivity contribution in [1.29, 1.82) is 0 Å². The molecule has 0 amide bonds. The molecular formula is C48H29N7O. The summed E-state index contributed by atoms with van der Waals surface area (Å²) in [7, 11) is 0. The summed E-state index contributed by atoms with van der Waals surface area (Å²) < 4.78 is 8.58. The van der Waals surface area contributed by atoms with Crippen molar-refractivity contribution in [3.05, 3.63) is 176 Å². The fraction of sp³-hybridized carbons (Fsp3) is 0. The quantitative estimate of drug-likeness (QED) is 0.169. The maximum atomic E-state index is 6.28. The lowest BCUT2D eigenvalue weighted by molar-refractivity contribution is 0.652. The predicted octanol–water partition coefficient (Wildman–Crippen LogP) is 11.4. The van der Waals surface area contributed by atoms with Crippen LogP contribution in [0.2, 0.25) is 0 Å². The van der Waals surface area contributed by atoms with Gasteiger partial charge in [-0.25, -0.2) is 29.9 Å². The summed E-state index contributed by atoms with van der Waals surface area (Å²) in [4.78, 5) is 29.4. The van der Waals surface area contributed by atoms with Crippen LogP contribution in [0.15, 0.2) is 180 Å². The Kier molecular flexibility index (Phi) is 7.31. The van der Waals surface area contributed by atoms with E-state index in [-0.39, 0.29) is 0 Å². The molecule has 262 valence electrons. The van der Waals surface area contributed by atoms with Gasteiger partial charge >= 0.3 is 0 Å². The molecule has 0 radical (unpaired) electrons. The highest BCUT2D eigenvalue weighted by Gasteiger charge is 2.20. The number of furan rings is 1. The minimum atomic E-state index is 0.522. The number of para-hydroxylation sites is 2. The summed E-state index contributed by atoms with van der Waals surface area (Å²) in [5.74, 6) is 2.37. The molecule has 0 bridgehead atoms. The van der Waals surface area contributed by atoms with Gasteiger partial charge in [-0.05, 0) is 48.5 Å². The maximum absolute atomic E-state index is 6.28. The second-order valence-corrected chi connectivity index (χ2v) is 13.6. The minimum Gasteiger partial charge on any atom is -0.434 e. The fourth-order valence-electron chi connectivity index (χ4n) is 7.48. The molecule has 0 spiro atoms. The third-order valence-electron chi connectivity index (χ3n) is 10.2. The van der Waals surface area contributed by atoms with Gasteiger partial charge in [0.2, 0.25) is 5.71 Å². The van der Waals surface area contributed by atoms with Gasteiger partial charge in [0.05, 0.1) is 16.4 Å². The third kappa shape index (κ3) is 5.31. The molecule has 56 heavy (non-hydrogen) atoms. The first-order valence-corrected chi connectivity index (χ1v) is 18.4. The maximum Gasteiger partial charge on any atom is 0.229 e. The number of nitrogens with zero attached hydrogens (tertiary/aromatic N) is 7. The van der Waals surface area contributed by atoms with Crippen LogP contribution >= 0.6 is 0 Å². The van der Waals surface area contributed by atoms with Crippen LogP contribution in [0.3, 0.4) is 0 Å². The van der Waals surface area contributed by atoms with Crippen molar-refractivity contribution in [2.45, 2.75) is 0 Å². The molecule has 0 unspecified atom stereocenters. The molecule has 8 heteroatoms. The SMILES string of the molecule is c1ccc(-c2nc(-c3ccc(-c4nc(-c5ccccc5)nc5c4oc4ncccc45)cc3)nc(-c3ccc(-n4c5ccccc5c5ccccc54)cc3)n2)cc1. The predicted molar refractivity (Wildman–Crippen MR) is 222 cm³/mol. The van der Waals surface area contributed by atoms with Crippen LogP contribution in [-0.2, 0) is 0 Å². The number of fused-ring (bicyclic) bond motifs is 6. The summed E-state index contributed by atoms with van der Waals surface area (Å²) in [6.07, 6.45) is 1.72. The molecule has 8 nitrogen and oxygen atoms in total. The smallest absolute Gasteiger partial charge is 0.229 e. The van der Waals surface area contributed by atoms with E-state index in [4.69, 9.17) is 29.3 Å². The highest BCUT2D eigenvalue weighted by atomic mass is 16.3. The summed E-state index contributed by atoms with van der Waals surface area (Å²) in [5.41, 5.74) is 10.3. The van der Waals surface area contributed by atoms with Gasteiger partial charge in [0, 0.05) is 50.5 Å². The lowest BCUT2D eigenvalue weighted by atomic mass is 10.1. The number of rotatable bonds is 6. The Bertz CT molecular complexity index is 3180. The van der Waals surface area contributed by atoms with Gasteiger partial charge in [0.1, 0.15) is 11.2 Å². The highest BCUT2D eigenvalue weighted by molar-refractivity contribution is 6.09. The van der Waals surface area contributed by atoms with Crippen LogP contribution in [0.5, 0.6) is 0 Å². The molecule has 5 aromatic heterocycles. The average molecular weight is 720 g/mol. The molecule has 0 atom stereocenters. The first-order valence-electron chi connectivity index (χ1n) is 18.4. The van der Waals surface area contributed by atoms with Gasteiger partial charge in [-0.3, -0.25) is 0 Å². The van der Waals surface area contributed by atoms with Crippen molar-refractivity contribution in [3.63, 3.8) is 0 Å². The fourth-order valence-corrected chi connectivity index (χ4v) is 7.48. The van der Waals surface area contributed by atoms with Crippen LogP contribution in [0.4, 0.5) is 0 Å². The molecule has 6 aromatic carbocycles. The van der Waals surface area contributed by atoms with Crippen molar-refractivity contribution in [2.75, 3.05) is 0 Å². The number of benzene rings is 6. The Morgan fingerprint density at radius 1 is 0.375 bits per heavy atom. The molecule has 0 fully saturated rings. The molecule has 0 N–H and O–H groups in total. The van der Waals surface area contributed by atoms with Crippen LogP contribution in [0.25, 0.3) is 107 Å². The van der Waals surface area contributed by atoms with Crippen molar-refractivity contribution in [3.8, 4) is 62.5 Å². The molecule has 11 rings (SSSR count). The van der Waals surface area contributed by atoms with E-state index in [1.165, 1.54) is 10.8 Å². The van der Waals surface area contributed by atoms with E-state index in [1.807, 2.05) is 97.1 Å². The lowest BCUT2D eigenvalue weighted by Crippen LogP contribution is -2.00. The number of hydrogen-bond acceptors (Lipinski definition) is 7. The van der Waals surface area contributed by atoms with Crippen molar-refractivity contribution in [1.82, 2.24) is 34.5 Å². The first-order chi connectivity index (χ1) is 27.7. The van der Waals surface area contributed by atoms with E-state index in [2.05, 4.69) is 82.3 Å². The summed E-state index contributed by atoms with van der Waals surface area (Å²) in [6, 6.07) is 57.4. The van der Waals surface area contributed by atoms with Gasteiger partial charge in [0.15, 0.2) is 28.9 Å². The summed E-state index contributed by atoms with van der Waals surface area (Å²) >= 11 is 0. The Morgan fingerprint density at radius 2 is 0.839 bits per heavy atom. The van der Waals surface area contributed by atoms with E-state index < -0.39 is 0 Å². The minimum absolute atomic E-state index is 0.522. The van der Waals surface area contributed by atoms with E-state index >= 15 is 0 Å². The molecule has 0 aliphatic heterocycles. The third-order valence-corrected chi connectivity index (χ3v) is 10.2. The monoisotopic (exact) mass is 719 g/mol. The second-order valence-electron chi connectivity index (χ2n) is 13.6. The van der Waals surface area contributed by atoms with Crippen LogP contribution in [0, 0.1) is 0 Å². The lowest BCUT2D eigenvalue weighted by Gasteiger charge is -2.11. The number of aromatic nitrogens is 7. The first kappa shape index (κ1) is 31.7. The Morgan fingerprint density at radius 3 is 1.43 bits per heavy atom. The van der Waals surface area contributed by atoms with Gasteiger partial charge in [0.25, 0.3) is 0 Å². The molecule has 0 aliphatic rings. The standard InChI is InChI=1S/C48H29N7O/c1-3-12-31(13-4-1)44-50-41(43-42(51-44)38-18-11-29-49-48(38)56-43)30-21-23-33(24-22-30)46-52-45(32-14-5-2-6-15-32)53-47(54-46)34-25-27-35(28-26-34)55-39-19-9-7-16-36(39)37-17-8-10-20-40(37)55/h1-29H. The largest absolute Gasteiger partial charge is 0.434 e. The van der Waals surface area contributed by atoms with Crippen LogP contribution in [-0.4, -0.2) is 34.5 Å². The van der Waals surface area contributed by atoms with Crippen molar-refractivity contribution >= 4 is 44.0 Å². The topological polar surface area (TPSA) is 95.4 Å². The molecule has 0 saturated heterocycles. The normalized spacial score (nSPS) is 11.6. The van der Waals surface area contributed by atoms with Gasteiger partial charge < -0.3 is 8.98 Å². The zero-order valence-corrected chi connectivity index (χ0v) is 29.8. The van der Waals surface area contributed by atoms with Crippen LogP contribution in [0.1, 0.15) is 0 Å². The molecule has 5 heterocycles. The van der Waals surface area contributed by atoms with Crippen molar-refractivity contribution in [2.24, 2.45) is 0 Å². The Balaban J connectivity index is 1.01. The van der Waals surface area contributed by atoms with Gasteiger partial charge in [-0.1, -0.05) is 121 Å². The Hall–Kier alpha value is -7.84. The molecule has 0 saturated carbocycles. The van der Waals surface area contributed by atoms with Gasteiger partial charge in [-0.2, -0.15) is 0 Å². The van der Waals surface area contributed by atoms with E-state index in [0.29, 0.717) is 40.3 Å². The van der Waals surface area contributed by atoms with E-state index in [0.717, 1.165) is 55.4 Å². The Labute approximate surface area is 320 Å². The molecular weight excluding hydrogens is 691 g/mol. The number of hydrogen-bond donors (Lipinski definition) is 0. The average Bonchev–Trinajstić information content (AvgIpc) is 3.83. The zero-order chi connectivity index (χ0) is 37.0. The van der Waals surface area contributed by atoms with E-state index in [9.17, 15) is 0 Å². The second kappa shape index (κ2) is 12.9. The summed E-state index contributed by atoms with van der Waals surface area (Å²) in [5, 5.41) is 3.29. The molecule has 0 aliphatic carbocycles. The zero-order valence-electron chi connectivity index (χ0n) is 29.8.